The van der Waals surface area contributed by atoms with Crippen molar-refractivity contribution in [1.29, 1.82) is 0 Å². The second-order valence-electron chi connectivity index (χ2n) is 4.37. The number of rotatable bonds is 6. The highest BCUT2D eigenvalue weighted by Gasteiger charge is 2.13. The Morgan fingerprint density at radius 3 is 2.37 bits per heavy atom. The van der Waals surface area contributed by atoms with Crippen LogP contribution in [0.15, 0.2) is 59.1 Å². The van der Waals surface area contributed by atoms with Crippen molar-refractivity contribution in [3.8, 4) is 0 Å². The smallest absolute Gasteiger partial charge is 0.0717 e. The van der Waals surface area contributed by atoms with E-state index in [2.05, 4.69) is 34.1 Å². The summed E-state index contributed by atoms with van der Waals surface area (Å²) in [6.45, 7) is 1.25. The molecule has 2 rings (SSSR count). The summed E-state index contributed by atoms with van der Waals surface area (Å²) in [6, 6.07) is 18.3. The van der Waals surface area contributed by atoms with Gasteiger partial charge < -0.3 is 4.74 Å². The molecule has 2 aromatic carbocycles. The Labute approximate surface area is 127 Å². The molecule has 2 aromatic rings. The standard InChI is InChI=1S/C16H16BrClO/c17-16-9-5-4-8-15(16)14(10-18)12-19-11-13-6-2-1-3-7-13/h1-9,14H,10-12H2. The lowest BCUT2D eigenvalue weighted by Gasteiger charge is -2.16. The van der Waals surface area contributed by atoms with Gasteiger partial charge in [0.05, 0.1) is 13.2 Å². The third kappa shape index (κ3) is 4.34. The maximum absolute atomic E-state index is 6.05. The minimum atomic E-state index is 0.209. The van der Waals surface area contributed by atoms with E-state index in [0.717, 1.165) is 4.47 Å². The van der Waals surface area contributed by atoms with Gasteiger partial charge in [-0.3, -0.25) is 0 Å². The van der Waals surface area contributed by atoms with Gasteiger partial charge in [0.15, 0.2) is 0 Å². The van der Waals surface area contributed by atoms with Gasteiger partial charge in [-0.25, -0.2) is 0 Å². The van der Waals surface area contributed by atoms with Gasteiger partial charge in [0, 0.05) is 16.3 Å². The van der Waals surface area contributed by atoms with Crippen molar-refractivity contribution in [2.45, 2.75) is 12.5 Å². The molecule has 0 heterocycles. The van der Waals surface area contributed by atoms with Gasteiger partial charge in [-0.2, -0.15) is 0 Å². The van der Waals surface area contributed by atoms with Crippen LogP contribution in [0, 0.1) is 0 Å². The highest BCUT2D eigenvalue weighted by molar-refractivity contribution is 9.10. The number of ether oxygens (including phenoxy) is 1. The highest BCUT2D eigenvalue weighted by atomic mass is 79.9. The van der Waals surface area contributed by atoms with E-state index in [1.807, 2.05) is 36.4 Å². The predicted molar refractivity (Wildman–Crippen MR) is 83.7 cm³/mol. The van der Waals surface area contributed by atoms with Crippen LogP contribution in [-0.2, 0) is 11.3 Å². The molecule has 0 fully saturated rings. The predicted octanol–water partition coefficient (Wildman–Crippen LogP) is 4.99. The molecule has 1 unspecified atom stereocenters. The molecular formula is C16H16BrClO. The van der Waals surface area contributed by atoms with Crippen LogP contribution >= 0.6 is 27.5 Å². The van der Waals surface area contributed by atoms with E-state index < -0.39 is 0 Å². The van der Waals surface area contributed by atoms with Crippen LogP contribution in [0.25, 0.3) is 0 Å². The first kappa shape index (κ1) is 14.6. The minimum Gasteiger partial charge on any atom is -0.376 e. The lowest BCUT2D eigenvalue weighted by Crippen LogP contribution is -2.10. The van der Waals surface area contributed by atoms with E-state index in [-0.39, 0.29) is 5.92 Å². The fourth-order valence-electron chi connectivity index (χ4n) is 1.92. The molecule has 0 saturated heterocycles. The first-order valence-corrected chi connectivity index (χ1v) is 7.56. The maximum Gasteiger partial charge on any atom is 0.0717 e. The van der Waals surface area contributed by atoms with Gasteiger partial charge >= 0.3 is 0 Å². The lowest BCUT2D eigenvalue weighted by atomic mass is 10.0. The van der Waals surface area contributed by atoms with Gasteiger partial charge in [-0.15, -0.1) is 11.6 Å². The van der Waals surface area contributed by atoms with Crippen molar-refractivity contribution < 1.29 is 4.74 Å². The lowest BCUT2D eigenvalue weighted by molar-refractivity contribution is 0.111. The normalized spacial score (nSPS) is 12.3. The Morgan fingerprint density at radius 1 is 1.00 bits per heavy atom. The molecular weight excluding hydrogens is 324 g/mol. The van der Waals surface area contributed by atoms with Crippen LogP contribution in [0.4, 0.5) is 0 Å². The highest BCUT2D eigenvalue weighted by Crippen LogP contribution is 2.26. The molecule has 0 aliphatic rings. The number of halogens is 2. The molecule has 0 saturated carbocycles. The van der Waals surface area contributed by atoms with E-state index in [0.29, 0.717) is 19.1 Å². The zero-order valence-corrected chi connectivity index (χ0v) is 12.9. The van der Waals surface area contributed by atoms with Crippen LogP contribution in [0.3, 0.4) is 0 Å². The molecule has 1 atom stereocenters. The van der Waals surface area contributed by atoms with Crippen LogP contribution in [0.1, 0.15) is 17.0 Å². The summed E-state index contributed by atoms with van der Waals surface area (Å²) < 4.78 is 6.86. The number of benzene rings is 2. The Morgan fingerprint density at radius 2 is 1.68 bits per heavy atom. The Balaban J connectivity index is 1.92. The fourth-order valence-corrected chi connectivity index (χ4v) is 2.78. The van der Waals surface area contributed by atoms with Crippen molar-refractivity contribution in [2.75, 3.05) is 12.5 Å². The summed E-state index contributed by atoms with van der Waals surface area (Å²) in [6.07, 6.45) is 0. The summed E-state index contributed by atoms with van der Waals surface area (Å²) in [5.74, 6) is 0.762. The maximum atomic E-state index is 6.05. The Hall–Kier alpha value is -0.830. The van der Waals surface area contributed by atoms with Gasteiger partial charge in [0.25, 0.3) is 0 Å². The van der Waals surface area contributed by atoms with Crippen molar-refractivity contribution in [3.63, 3.8) is 0 Å². The first-order chi connectivity index (χ1) is 9.31. The van der Waals surface area contributed by atoms with E-state index in [1.165, 1.54) is 11.1 Å². The number of hydrogen-bond acceptors (Lipinski definition) is 1. The minimum absolute atomic E-state index is 0.209. The van der Waals surface area contributed by atoms with Crippen LogP contribution in [0.2, 0.25) is 0 Å². The topological polar surface area (TPSA) is 9.23 Å². The molecule has 0 spiro atoms. The Bertz CT molecular complexity index is 501. The molecule has 1 nitrogen and oxygen atoms in total. The van der Waals surface area contributed by atoms with Crippen molar-refractivity contribution in [1.82, 2.24) is 0 Å². The molecule has 0 aliphatic heterocycles. The monoisotopic (exact) mass is 338 g/mol. The van der Waals surface area contributed by atoms with Crippen molar-refractivity contribution in [3.05, 3.63) is 70.2 Å². The van der Waals surface area contributed by atoms with E-state index in [1.54, 1.807) is 0 Å². The molecule has 0 amide bonds. The van der Waals surface area contributed by atoms with E-state index >= 15 is 0 Å². The SMILES string of the molecule is ClCC(COCc1ccccc1)c1ccccc1Br. The second-order valence-corrected chi connectivity index (χ2v) is 5.54. The fraction of sp³-hybridized carbons (Fsp3) is 0.250. The van der Waals surface area contributed by atoms with Crippen molar-refractivity contribution >= 4 is 27.5 Å². The number of hydrogen-bond donors (Lipinski definition) is 0. The molecule has 0 bridgehead atoms. The third-order valence-electron chi connectivity index (χ3n) is 2.96. The van der Waals surface area contributed by atoms with Crippen molar-refractivity contribution in [2.24, 2.45) is 0 Å². The van der Waals surface area contributed by atoms with Gasteiger partial charge in [0.2, 0.25) is 0 Å². The molecule has 100 valence electrons. The summed E-state index contributed by atoms with van der Waals surface area (Å²) in [7, 11) is 0. The van der Waals surface area contributed by atoms with Crippen LogP contribution in [0.5, 0.6) is 0 Å². The van der Waals surface area contributed by atoms with Gasteiger partial charge in [-0.1, -0.05) is 64.5 Å². The quantitative estimate of drug-likeness (QED) is 0.674. The van der Waals surface area contributed by atoms with E-state index in [9.17, 15) is 0 Å². The summed E-state index contributed by atoms with van der Waals surface area (Å²) in [5.41, 5.74) is 2.38. The zero-order valence-electron chi connectivity index (χ0n) is 10.6. The van der Waals surface area contributed by atoms with Gasteiger partial charge in [-0.05, 0) is 17.2 Å². The Kier molecular flexibility index (Phi) is 5.90. The average molecular weight is 340 g/mol. The van der Waals surface area contributed by atoms with E-state index in [4.69, 9.17) is 16.3 Å². The molecule has 3 heteroatoms. The summed E-state index contributed by atoms with van der Waals surface area (Å²) in [5, 5.41) is 0. The third-order valence-corrected chi connectivity index (χ3v) is 4.06. The molecule has 19 heavy (non-hydrogen) atoms. The molecule has 0 aliphatic carbocycles. The molecule has 0 aromatic heterocycles. The van der Waals surface area contributed by atoms with Crippen LogP contribution in [-0.4, -0.2) is 12.5 Å². The molecule has 0 N–H and O–H groups in total. The first-order valence-electron chi connectivity index (χ1n) is 6.23. The summed E-state index contributed by atoms with van der Waals surface area (Å²) in [4.78, 5) is 0. The average Bonchev–Trinajstić information content (AvgIpc) is 2.46. The zero-order chi connectivity index (χ0) is 13.5. The summed E-state index contributed by atoms with van der Waals surface area (Å²) >= 11 is 9.62. The number of alkyl halides is 1. The van der Waals surface area contributed by atoms with Gasteiger partial charge in [0.1, 0.15) is 0 Å². The van der Waals surface area contributed by atoms with Crippen LogP contribution < -0.4 is 0 Å². The molecule has 0 radical (unpaired) electrons. The largest absolute Gasteiger partial charge is 0.376 e. The second kappa shape index (κ2) is 7.68.